The summed E-state index contributed by atoms with van der Waals surface area (Å²) in [6.45, 7) is 0. The van der Waals surface area contributed by atoms with E-state index in [1.165, 1.54) is 6.20 Å². The van der Waals surface area contributed by atoms with Crippen LogP contribution in [-0.2, 0) is 0 Å². The average molecular weight is 172 g/mol. The van der Waals surface area contributed by atoms with Crippen LogP contribution in [0.15, 0.2) is 12.3 Å². The molecule has 0 bridgehead atoms. The molecule has 0 amide bonds. The molecule has 50 valence electrons. The SMILES string of the molecule is C#Cc1cc(Cl)ncc1Cl. The van der Waals surface area contributed by atoms with E-state index >= 15 is 0 Å². The van der Waals surface area contributed by atoms with Gasteiger partial charge in [0.15, 0.2) is 0 Å². The second kappa shape index (κ2) is 2.92. The molecule has 1 nitrogen and oxygen atoms in total. The van der Waals surface area contributed by atoms with E-state index in [0.717, 1.165) is 0 Å². The van der Waals surface area contributed by atoms with Gasteiger partial charge in [0.25, 0.3) is 0 Å². The molecule has 1 rings (SSSR count). The molecule has 0 spiro atoms. The van der Waals surface area contributed by atoms with Crippen molar-refractivity contribution in [3.63, 3.8) is 0 Å². The largest absolute Gasteiger partial charge is 0.243 e. The van der Waals surface area contributed by atoms with Gasteiger partial charge in [-0.05, 0) is 6.07 Å². The number of aromatic nitrogens is 1. The lowest BCUT2D eigenvalue weighted by Gasteiger charge is -1.93. The van der Waals surface area contributed by atoms with Gasteiger partial charge in [-0.1, -0.05) is 29.1 Å². The van der Waals surface area contributed by atoms with Crippen LogP contribution in [0.4, 0.5) is 0 Å². The van der Waals surface area contributed by atoms with E-state index < -0.39 is 0 Å². The molecule has 0 saturated heterocycles. The standard InChI is InChI=1S/C7H3Cl2N/c1-2-5-3-7(9)10-4-6(5)8/h1,3-4H. The number of terminal acetylenes is 1. The normalized spacial score (nSPS) is 8.90. The highest BCUT2D eigenvalue weighted by Crippen LogP contribution is 2.16. The van der Waals surface area contributed by atoms with Crippen molar-refractivity contribution in [1.29, 1.82) is 0 Å². The van der Waals surface area contributed by atoms with Crippen LogP contribution in [-0.4, -0.2) is 4.98 Å². The molecule has 1 aromatic heterocycles. The zero-order chi connectivity index (χ0) is 7.56. The van der Waals surface area contributed by atoms with Crippen molar-refractivity contribution in [1.82, 2.24) is 4.98 Å². The lowest BCUT2D eigenvalue weighted by Crippen LogP contribution is -1.79. The predicted octanol–water partition coefficient (Wildman–Crippen LogP) is 2.37. The monoisotopic (exact) mass is 171 g/mol. The molecule has 0 unspecified atom stereocenters. The minimum atomic E-state index is 0.359. The van der Waals surface area contributed by atoms with Gasteiger partial charge in [0.2, 0.25) is 0 Å². The first-order chi connectivity index (χ1) is 4.74. The van der Waals surface area contributed by atoms with Gasteiger partial charge in [0, 0.05) is 11.8 Å². The first-order valence-corrected chi connectivity index (χ1v) is 3.27. The second-order valence-electron chi connectivity index (χ2n) is 1.63. The molecule has 0 radical (unpaired) electrons. The van der Waals surface area contributed by atoms with Crippen molar-refractivity contribution in [3.8, 4) is 12.3 Å². The molecular formula is C7H3Cl2N. The first kappa shape index (κ1) is 7.40. The Morgan fingerprint density at radius 1 is 1.50 bits per heavy atom. The molecule has 0 atom stereocenters. The van der Waals surface area contributed by atoms with Gasteiger partial charge in [0.05, 0.1) is 5.02 Å². The maximum Gasteiger partial charge on any atom is 0.130 e. The lowest BCUT2D eigenvalue weighted by molar-refractivity contribution is 1.32. The number of pyridine rings is 1. The van der Waals surface area contributed by atoms with Crippen molar-refractivity contribution in [2.75, 3.05) is 0 Å². The molecule has 0 N–H and O–H groups in total. The Labute approximate surface area is 69.0 Å². The average Bonchev–Trinajstić information content (AvgIpc) is 1.94. The Morgan fingerprint density at radius 2 is 2.20 bits per heavy atom. The molecule has 0 saturated carbocycles. The molecular weight excluding hydrogens is 169 g/mol. The van der Waals surface area contributed by atoms with Crippen LogP contribution in [0.2, 0.25) is 10.2 Å². The molecule has 1 heterocycles. The molecule has 0 aliphatic rings. The van der Waals surface area contributed by atoms with Crippen molar-refractivity contribution >= 4 is 23.2 Å². The summed E-state index contributed by atoms with van der Waals surface area (Å²) in [4.78, 5) is 3.73. The first-order valence-electron chi connectivity index (χ1n) is 2.51. The van der Waals surface area contributed by atoms with Crippen molar-refractivity contribution in [3.05, 3.63) is 28.0 Å². The van der Waals surface area contributed by atoms with Crippen LogP contribution in [0.1, 0.15) is 5.56 Å². The van der Waals surface area contributed by atoms with Crippen LogP contribution in [0.25, 0.3) is 0 Å². The van der Waals surface area contributed by atoms with Gasteiger partial charge in [0.1, 0.15) is 5.15 Å². The summed E-state index contributed by atoms with van der Waals surface area (Å²) < 4.78 is 0. The van der Waals surface area contributed by atoms with Gasteiger partial charge in [-0.3, -0.25) is 0 Å². The fourth-order valence-corrected chi connectivity index (χ4v) is 0.840. The second-order valence-corrected chi connectivity index (χ2v) is 2.43. The highest BCUT2D eigenvalue weighted by molar-refractivity contribution is 6.33. The summed E-state index contributed by atoms with van der Waals surface area (Å²) in [6, 6.07) is 1.55. The summed E-state index contributed by atoms with van der Waals surface area (Å²) in [5.74, 6) is 2.38. The highest BCUT2D eigenvalue weighted by atomic mass is 35.5. The molecule has 1 aromatic rings. The van der Waals surface area contributed by atoms with E-state index in [0.29, 0.717) is 15.7 Å². The molecule has 10 heavy (non-hydrogen) atoms. The molecule has 0 aliphatic heterocycles. The fourth-order valence-electron chi connectivity index (χ4n) is 0.524. The Morgan fingerprint density at radius 3 is 2.70 bits per heavy atom. The Kier molecular flexibility index (Phi) is 2.16. The van der Waals surface area contributed by atoms with Gasteiger partial charge < -0.3 is 0 Å². The Hall–Kier alpha value is -0.710. The van der Waals surface area contributed by atoms with E-state index in [-0.39, 0.29) is 0 Å². The molecule has 0 fully saturated rings. The number of rotatable bonds is 0. The molecule has 0 aromatic carbocycles. The zero-order valence-electron chi connectivity index (χ0n) is 4.94. The number of hydrogen-bond acceptors (Lipinski definition) is 1. The van der Waals surface area contributed by atoms with Gasteiger partial charge in [-0.15, -0.1) is 6.42 Å². The maximum absolute atomic E-state index is 5.63. The Balaban J connectivity index is 3.25. The number of nitrogens with zero attached hydrogens (tertiary/aromatic N) is 1. The zero-order valence-corrected chi connectivity index (χ0v) is 6.45. The van der Waals surface area contributed by atoms with Crippen LogP contribution in [0.3, 0.4) is 0 Å². The van der Waals surface area contributed by atoms with Crippen LogP contribution >= 0.6 is 23.2 Å². The fraction of sp³-hybridized carbons (Fsp3) is 0. The van der Waals surface area contributed by atoms with Gasteiger partial charge >= 0.3 is 0 Å². The summed E-state index contributed by atoms with van der Waals surface area (Å²) in [5.41, 5.74) is 0.571. The molecule has 0 aliphatic carbocycles. The summed E-state index contributed by atoms with van der Waals surface area (Å²) in [5, 5.41) is 0.809. The summed E-state index contributed by atoms with van der Waals surface area (Å²) >= 11 is 11.2. The third-order valence-corrected chi connectivity index (χ3v) is 1.49. The van der Waals surface area contributed by atoms with Crippen LogP contribution < -0.4 is 0 Å². The van der Waals surface area contributed by atoms with Crippen LogP contribution in [0, 0.1) is 12.3 Å². The van der Waals surface area contributed by atoms with Crippen molar-refractivity contribution in [2.24, 2.45) is 0 Å². The summed E-state index contributed by atoms with van der Waals surface area (Å²) in [6.07, 6.45) is 6.53. The van der Waals surface area contributed by atoms with Crippen molar-refractivity contribution < 1.29 is 0 Å². The number of halogens is 2. The Bertz CT molecular complexity index is 288. The van der Waals surface area contributed by atoms with E-state index in [4.69, 9.17) is 29.6 Å². The van der Waals surface area contributed by atoms with Gasteiger partial charge in [-0.25, -0.2) is 4.98 Å². The third kappa shape index (κ3) is 1.41. The quantitative estimate of drug-likeness (QED) is 0.432. The topological polar surface area (TPSA) is 12.9 Å². The minimum absolute atomic E-state index is 0.359. The minimum Gasteiger partial charge on any atom is -0.243 e. The lowest BCUT2D eigenvalue weighted by atomic mass is 10.3. The van der Waals surface area contributed by atoms with E-state index in [1.54, 1.807) is 6.07 Å². The predicted molar refractivity (Wildman–Crippen MR) is 42.2 cm³/mol. The van der Waals surface area contributed by atoms with Crippen molar-refractivity contribution in [2.45, 2.75) is 0 Å². The maximum atomic E-state index is 5.63. The highest BCUT2D eigenvalue weighted by Gasteiger charge is 1.96. The third-order valence-electron chi connectivity index (χ3n) is 0.977. The van der Waals surface area contributed by atoms with Crippen LogP contribution in [0.5, 0.6) is 0 Å². The molecule has 3 heteroatoms. The summed E-state index contributed by atoms with van der Waals surface area (Å²) in [7, 11) is 0. The van der Waals surface area contributed by atoms with E-state index in [9.17, 15) is 0 Å². The van der Waals surface area contributed by atoms with E-state index in [1.807, 2.05) is 0 Å². The van der Waals surface area contributed by atoms with Gasteiger partial charge in [-0.2, -0.15) is 0 Å². The smallest absolute Gasteiger partial charge is 0.130 e. The van der Waals surface area contributed by atoms with E-state index in [2.05, 4.69) is 10.9 Å². The number of hydrogen-bond donors (Lipinski definition) is 0.